The highest BCUT2D eigenvalue weighted by atomic mass is 19.1. The minimum absolute atomic E-state index is 0.00736. The third-order valence-electron chi connectivity index (χ3n) is 4.48. The highest BCUT2D eigenvalue weighted by molar-refractivity contribution is 5.79. The Morgan fingerprint density at radius 1 is 1.27 bits per heavy atom. The molecule has 7 nitrogen and oxygen atoms in total. The van der Waals surface area contributed by atoms with E-state index in [1.165, 1.54) is 6.07 Å². The van der Waals surface area contributed by atoms with Crippen molar-refractivity contribution in [2.75, 3.05) is 13.1 Å². The monoisotopic (exact) mass is 364 g/mol. The molecule has 0 bridgehead atoms. The molecule has 1 fully saturated rings. The summed E-state index contributed by atoms with van der Waals surface area (Å²) in [5.41, 5.74) is 5.49. The molecule has 8 heteroatoms. The van der Waals surface area contributed by atoms with E-state index in [1.807, 2.05) is 6.92 Å². The van der Waals surface area contributed by atoms with Crippen LogP contribution < -0.4 is 16.4 Å². The number of amides is 4. The van der Waals surface area contributed by atoms with Crippen molar-refractivity contribution in [3.63, 3.8) is 0 Å². The maximum atomic E-state index is 13.6. The normalized spacial score (nSPS) is 19.2. The number of hydrogen-bond donors (Lipinski definition) is 3. The van der Waals surface area contributed by atoms with Gasteiger partial charge in [0.1, 0.15) is 5.82 Å². The number of nitrogens with one attached hydrogen (secondary N) is 2. The predicted octanol–water partition coefficient (Wildman–Crippen LogP) is 0.922. The third-order valence-corrected chi connectivity index (χ3v) is 4.48. The van der Waals surface area contributed by atoms with E-state index in [-0.39, 0.29) is 49.1 Å². The standard InChI is InChI=1S/C18H25FN4O3/c1-12-10-14(11-23(12)17(25)8-9-21-18(20)26)22-16(24)7-6-13-4-2-3-5-15(13)19/h2-5,12,14H,6-11H2,1H3,(H,22,24)(H3,20,21,26). The molecule has 142 valence electrons. The molecular weight excluding hydrogens is 339 g/mol. The summed E-state index contributed by atoms with van der Waals surface area (Å²) in [5.74, 6) is -0.555. The molecule has 26 heavy (non-hydrogen) atoms. The van der Waals surface area contributed by atoms with Gasteiger partial charge in [0.25, 0.3) is 0 Å². The van der Waals surface area contributed by atoms with E-state index in [0.29, 0.717) is 24.9 Å². The average Bonchev–Trinajstić information content (AvgIpc) is 2.94. The van der Waals surface area contributed by atoms with Gasteiger partial charge in [0.2, 0.25) is 11.8 Å². The molecule has 1 heterocycles. The van der Waals surface area contributed by atoms with Gasteiger partial charge in [-0.1, -0.05) is 18.2 Å². The number of urea groups is 1. The summed E-state index contributed by atoms with van der Waals surface area (Å²) in [6.45, 7) is 2.55. The van der Waals surface area contributed by atoms with Crippen LogP contribution in [0.5, 0.6) is 0 Å². The minimum atomic E-state index is -0.660. The molecular formula is C18H25FN4O3. The average molecular weight is 364 g/mol. The predicted molar refractivity (Wildman–Crippen MR) is 94.6 cm³/mol. The minimum Gasteiger partial charge on any atom is -0.352 e. The Morgan fingerprint density at radius 2 is 2.00 bits per heavy atom. The molecule has 1 saturated heterocycles. The van der Waals surface area contributed by atoms with Crippen molar-refractivity contribution in [1.82, 2.24) is 15.5 Å². The Kier molecular flexibility index (Phi) is 6.94. The summed E-state index contributed by atoms with van der Waals surface area (Å²) in [5, 5.41) is 5.30. The van der Waals surface area contributed by atoms with E-state index in [2.05, 4.69) is 10.6 Å². The van der Waals surface area contributed by atoms with Crippen LogP contribution >= 0.6 is 0 Å². The first-order valence-electron chi connectivity index (χ1n) is 8.72. The topological polar surface area (TPSA) is 105 Å². The number of rotatable bonds is 7. The van der Waals surface area contributed by atoms with Gasteiger partial charge < -0.3 is 21.3 Å². The third kappa shape index (κ3) is 5.72. The van der Waals surface area contributed by atoms with Crippen LogP contribution in [0.25, 0.3) is 0 Å². The Bertz CT molecular complexity index is 668. The van der Waals surface area contributed by atoms with Crippen LogP contribution in [0, 0.1) is 5.82 Å². The number of benzene rings is 1. The molecule has 0 aliphatic carbocycles. The fourth-order valence-corrected chi connectivity index (χ4v) is 3.17. The lowest BCUT2D eigenvalue weighted by Crippen LogP contribution is -2.40. The second kappa shape index (κ2) is 9.17. The van der Waals surface area contributed by atoms with Gasteiger partial charge >= 0.3 is 6.03 Å². The molecule has 0 radical (unpaired) electrons. The van der Waals surface area contributed by atoms with Crippen LogP contribution in [0.1, 0.15) is 31.7 Å². The quantitative estimate of drug-likeness (QED) is 0.670. The smallest absolute Gasteiger partial charge is 0.312 e. The van der Waals surface area contributed by atoms with E-state index >= 15 is 0 Å². The van der Waals surface area contributed by atoms with Gasteiger partial charge in [-0.2, -0.15) is 0 Å². The van der Waals surface area contributed by atoms with Crippen LogP contribution in [0.2, 0.25) is 0 Å². The van der Waals surface area contributed by atoms with E-state index in [0.717, 1.165) is 0 Å². The van der Waals surface area contributed by atoms with Crippen LogP contribution in [0.15, 0.2) is 24.3 Å². The van der Waals surface area contributed by atoms with Crippen LogP contribution in [0.4, 0.5) is 9.18 Å². The van der Waals surface area contributed by atoms with Gasteiger partial charge in [-0.25, -0.2) is 9.18 Å². The lowest BCUT2D eigenvalue weighted by atomic mass is 10.1. The second-order valence-electron chi connectivity index (χ2n) is 6.53. The lowest BCUT2D eigenvalue weighted by Gasteiger charge is -2.21. The summed E-state index contributed by atoms with van der Waals surface area (Å²) in [6.07, 6.45) is 1.37. The molecule has 2 rings (SSSR count). The number of nitrogens with two attached hydrogens (primary N) is 1. The summed E-state index contributed by atoms with van der Waals surface area (Å²) >= 11 is 0. The molecule has 0 aromatic heterocycles. The summed E-state index contributed by atoms with van der Waals surface area (Å²) in [4.78, 5) is 36.7. The number of nitrogens with zero attached hydrogens (tertiary/aromatic N) is 1. The maximum Gasteiger partial charge on any atom is 0.312 e. The van der Waals surface area contributed by atoms with Gasteiger partial charge in [-0.15, -0.1) is 0 Å². The van der Waals surface area contributed by atoms with Crippen molar-refractivity contribution in [2.24, 2.45) is 5.73 Å². The first-order chi connectivity index (χ1) is 12.4. The molecule has 1 aliphatic heterocycles. The number of likely N-dealkylation sites (tertiary alicyclic amines) is 1. The van der Waals surface area contributed by atoms with Crippen molar-refractivity contribution in [3.05, 3.63) is 35.6 Å². The van der Waals surface area contributed by atoms with Gasteiger partial charge in [0.15, 0.2) is 0 Å². The Morgan fingerprint density at radius 3 is 2.69 bits per heavy atom. The van der Waals surface area contributed by atoms with Crippen molar-refractivity contribution < 1.29 is 18.8 Å². The molecule has 4 N–H and O–H groups in total. The number of aryl methyl sites for hydroxylation is 1. The van der Waals surface area contributed by atoms with Gasteiger partial charge in [-0.3, -0.25) is 9.59 Å². The molecule has 2 unspecified atom stereocenters. The molecule has 4 amide bonds. The second-order valence-corrected chi connectivity index (χ2v) is 6.53. The largest absolute Gasteiger partial charge is 0.352 e. The van der Waals surface area contributed by atoms with Crippen LogP contribution in [-0.4, -0.2) is 47.9 Å². The number of hydrogen-bond acceptors (Lipinski definition) is 3. The van der Waals surface area contributed by atoms with Gasteiger partial charge in [0.05, 0.1) is 0 Å². The van der Waals surface area contributed by atoms with E-state index in [9.17, 15) is 18.8 Å². The molecule has 1 aliphatic rings. The van der Waals surface area contributed by atoms with Crippen molar-refractivity contribution in [1.29, 1.82) is 0 Å². The van der Waals surface area contributed by atoms with Crippen molar-refractivity contribution in [2.45, 2.75) is 44.7 Å². The van der Waals surface area contributed by atoms with Crippen LogP contribution in [0.3, 0.4) is 0 Å². The van der Waals surface area contributed by atoms with E-state index in [1.54, 1.807) is 23.1 Å². The van der Waals surface area contributed by atoms with Gasteiger partial charge in [-0.05, 0) is 31.4 Å². The zero-order valence-corrected chi connectivity index (χ0v) is 14.8. The van der Waals surface area contributed by atoms with Gasteiger partial charge in [0, 0.05) is 38.0 Å². The molecule has 0 spiro atoms. The Balaban J connectivity index is 1.76. The fraction of sp³-hybridized carbons (Fsp3) is 0.500. The highest BCUT2D eigenvalue weighted by Gasteiger charge is 2.32. The molecule has 1 aromatic rings. The lowest BCUT2D eigenvalue weighted by molar-refractivity contribution is -0.132. The van der Waals surface area contributed by atoms with E-state index in [4.69, 9.17) is 5.73 Å². The summed E-state index contributed by atoms with van der Waals surface area (Å²) in [6, 6.07) is 5.63. The summed E-state index contributed by atoms with van der Waals surface area (Å²) < 4.78 is 13.6. The molecule has 1 aromatic carbocycles. The highest BCUT2D eigenvalue weighted by Crippen LogP contribution is 2.18. The Labute approximate surface area is 152 Å². The van der Waals surface area contributed by atoms with Crippen LogP contribution in [-0.2, 0) is 16.0 Å². The van der Waals surface area contributed by atoms with Crippen molar-refractivity contribution in [3.8, 4) is 0 Å². The fourth-order valence-electron chi connectivity index (χ4n) is 3.17. The molecule has 2 atom stereocenters. The zero-order chi connectivity index (χ0) is 19.1. The summed E-state index contributed by atoms with van der Waals surface area (Å²) in [7, 11) is 0. The maximum absolute atomic E-state index is 13.6. The van der Waals surface area contributed by atoms with Crippen molar-refractivity contribution >= 4 is 17.8 Å². The van der Waals surface area contributed by atoms with E-state index < -0.39 is 6.03 Å². The Hall–Kier alpha value is -2.64. The number of carbonyl (C=O) groups is 3. The molecule has 0 saturated carbocycles. The number of halogens is 1. The SMILES string of the molecule is CC1CC(NC(=O)CCc2ccccc2F)CN1C(=O)CCNC(N)=O. The number of carbonyl (C=O) groups excluding carboxylic acids is 3. The zero-order valence-electron chi connectivity index (χ0n) is 14.8. The number of primary amides is 1. The first kappa shape index (κ1) is 19.7. The first-order valence-corrected chi connectivity index (χ1v) is 8.72.